The summed E-state index contributed by atoms with van der Waals surface area (Å²) in [6.45, 7) is 0. The molecule has 0 spiro atoms. The van der Waals surface area contributed by atoms with Crippen molar-refractivity contribution in [1.29, 1.82) is 0 Å². The minimum Gasteiger partial charge on any atom is -0.368 e. The average molecular weight is 192 g/mol. The Morgan fingerprint density at radius 3 is 3.07 bits per heavy atom. The summed E-state index contributed by atoms with van der Waals surface area (Å²) in [5, 5.41) is 9.41. The van der Waals surface area contributed by atoms with E-state index in [1.54, 1.807) is 0 Å². The zero-order valence-corrected chi connectivity index (χ0v) is 7.72. The fourth-order valence-electron chi connectivity index (χ4n) is 1.80. The molecule has 1 aliphatic heterocycles. The minimum absolute atomic E-state index is 0.285. The Hall–Kier alpha value is -1.19. The monoisotopic (exact) mass is 192 g/mol. The van der Waals surface area contributed by atoms with Crippen LogP contribution in [-0.2, 0) is 16.0 Å². The third-order valence-electron chi connectivity index (χ3n) is 2.43. The van der Waals surface area contributed by atoms with E-state index in [-0.39, 0.29) is 6.10 Å². The Bertz CT molecular complexity index is 335. The quantitative estimate of drug-likeness (QED) is 0.716. The molecule has 0 fully saturated rings. The minimum atomic E-state index is -0.783. The van der Waals surface area contributed by atoms with E-state index >= 15 is 0 Å². The van der Waals surface area contributed by atoms with Gasteiger partial charge >= 0.3 is 0 Å². The van der Waals surface area contributed by atoms with Gasteiger partial charge in [0.05, 0.1) is 6.10 Å². The van der Waals surface area contributed by atoms with E-state index < -0.39 is 6.29 Å². The molecule has 0 bridgehead atoms. The van der Waals surface area contributed by atoms with Crippen LogP contribution < -0.4 is 0 Å². The summed E-state index contributed by atoms with van der Waals surface area (Å²) in [5.41, 5.74) is 2.09. The van der Waals surface area contributed by atoms with Crippen molar-refractivity contribution in [2.24, 2.45) is 0 Å². The number of aliphatic hydroxyl groups excluding tert-OH is 1. The molecule has 1 aromatic carbocycles. The molecule has 3 heteroatoms. The standard InChI is InChI=1S/C11H12O3/c12-6-5-10-9-4-2-1-3-8(9)7-11(13)14-10/h1-4,6,10-11,13H,5,7H2. The van der Waals surface area contributed by atoms with Crippen molar-refractivity contribution in [3.05, 3.63) is 35.4 Å². The first-order chi connectivity index (χ1) is 6.81. The molecule has 0 saturated heterocycles. The Morgan fingerprint density at radius 1 is 1.50 bits per heavy atom. The number of ether oxygens (including phenoxy) is 1. The maximum absolute atomic E-state index is 10.4. The first-order valence-corrected chi connectivity index (χ1v) is 4.66. The van der Waals surface area contributed by atoms with Gasteiger partial charge in [-0.1, -0.05) is 24.3 Å². The smallest absolute Gasteiger partial charge is 0.159 e. The predicted octanol–water partition coefficient (Wildman–Crippen LogP) is 1.21. The van der Waals surface area contributed by atoms with Crippen molar-refractivity contribution in [3.63, 3.8) is 0 Å². The van der Waals surface area contributed by atoms with Crippen LogP contribution in [0, 0.1) is 0 Å². The normalized spacial score (nSPS) is 25.5. The van der Waals surface area contributed by atoms with Crippen molar-refractivity contribution in [2.45, 2.75) is 25.2 Å². The number of carbonyl (C=O) groups is 1. The third-order valence-corrected chi connectivity index (χ3v) is 2.43. The summed E-state index contributed by atoms with van der Waals surface area (Å²) in [5.74, 6) is 0. The second-order valence-electron chi connectivity index (χ2n) is 3.38. The van der Waals surface area contributed by atoms with Gasteiger partial charge in [0.15, 0.2) is 6.29 Å². The van der Waals surface area contributed by atoms with Crippen molar-refractivity contribution in [2.75, 3.05) is 0 Å². The molecule has 2 atom stereocenters. The Kier molecular flexibility index (Phi) is 2.61. The molecule has 0 radical (unpaired) electrons. The third kappa shape index (κ3) is 1.69. The van der Waals surface area contributed by atoms with Gasteiger partial charge in [-0.15, -0.1) is 0 Å². The number of hydrogen-bond donors (Lipinski definition) is 1. The summed E-state index contributed by atoms with van der Waals surface area (Å²) in [4.78, 5) is 10.4. The molecule has 1 aromatic rings. The highest BCUT2D eigenvalue weighted by molar-refractivity contribution is 5.52. The summed E-state index contributed by atoms with van der Waals surface area (Å²) < 4.78 is 5.28. The lowest BCUT2D eigenvalue weighted by atomic mass is 9.95. The SMILES string of the molecule is O=CCC1OC(O)Cc2ccccc21. The van der Waals surface area contributed by atoms with Gasteiger partial charge in [0.1, 0.15) is 6.29 Å². The Balaban J connectivity index is 2.33. The van der Waals surface area contributed by atoms with E-state index in [2.05, 4.69) is 0 Å². The van der Waals surface area contributed by atoms with Gasteiger partial charge in [0, 0.05) is 12.8 Å². The lowest BCUT2D eigenvalue weighted by Crippen LogP contribution is -2.25. The molecule has 0 aromatic heterocycles. The molecule has 0 amide bonds. The summed E-state index contributed by atoms with van der Waals surface area (Å²) in [6, 6.07) is 7.74. The van der Waals surface area contributed by atoms with Crippen molar-refractivity contribution in [3.8, 4) is 0 Å². The van der Waals surface area contributed by atoms with Gasteiger partial charge in [-0.2, -0.15) is 0 Å². The molecule has 1 heterocycles. The topological polar surface area (TPSA) is 46.5 Å². The van der Waals surface area contributed by atoms with Crippen LogP contribution in [0.3, 0.4) is 0 Å². The van der Waals surface area contributed by atoms with Crippen LogP contribution in [0.5, 0.6) is 0 Å². The van der Waals surface area contributed by atoms with Crippen molar-refractivity contribution >= 4 is 6.29 Å². The number of aldehydes is 1. The second-order valence-corrected chi connectivity index (χ2v) is 3.38. The zero-order valence-electron chi connectivity index (χ0n) is 7.72. The van der Waals surface area contributed by atoms with Crippen molar-refractivity contribution < 1.29 is 14.6 Å². The molecule has 3 nitrogen and oxygen atoms in total. The molecule has 0 aliphatic carbocycles. The molecule has 1 aliphatic rings. The lowest BCUT2D eigenvalue weighted by Gasteiger charge is -2.28. The highest BCUT2D eigenvalue weighted by Gasteiger charge is 2.25. The lowest BCUT2D eigenvalue weighted by molar-refractivity contribution is -0.149. The summed E-state index contributed by atoms with van der Waals surface area (Å²) in [6.07, 6.45) is 0.557. The molecule has 74 valence electrons. The number of fused-ring (bicyclic) bond motifs is 1. The predicted molar refractivity (Wildman–Crippen MR) is 50.7 cm³/mol. The van der Waals surface area contributed by atoms with E-state index in [4.69, 9.17) is 4.74 Å². The molecule has 14 heavy (non-hydrogen) atoms. The Labute approximate surface area is 82.3 Å². The average Bonchev–Trinajstić information content (AvgIpc) is 2.18. The fraction of sp³-hybridized carbons (Fsp3) is 0.364. The number of rotatable bonds is 2. The van der Waals surface area contributed by atoms with Gasteiger partial charge in [0.25, 0.3) is 0 Å². The van der Waals surface area contributed by atoms with Crippen LogP contribution in [0.15, 0.2) is 24.3 Å². The van der Waals surface area contributed by atoms with Crippen LogP contribution >= 0.6 is 0 Å². The van der Waals surface area contributed by atoms with E-state index in [0.717, 1.165) is 17.4 Å². The van der Waals surface area contributed by atoms with Gasteiger partial charge in [-0.05, 0) is 11.1 Å². The molecular formula is C11H12O3. The molecule has 1 N–H and O–H groups in total. The first-order valence-electron chi connectivity index (χ1n) is 4.66. The summed E-state index contributed by atoms with van der Waals surface area (Å²) in [7, 11) is 0. The van der Waals surface area contributed by atoms with Gasteiger partial charge < -0.3 is 14.6 Å². The number of hydrogen-bond acceptors (Lipinski definition) is 3. The highest BCUT2D eigenvalue weighted by Crippen LogP contribution is 2.30. The Morgan fingerprint density at radius 2 is 2.29 bits per heavy atom. The van der Waals surface area contributed by atoms with Gasteiger partial charge in [-0.3, -0.25) is 0 Å². The van der Waals surface area contributed by atoms with E-state index in [0.29, 0.717) is 12.8 Å². The van der Waals surface area contributed by atoms with Crippen LogP contribution in [0.2, 0.25) is 0 Å². The molecule has 0 saturated carbocycles. The van der Waals surface area contributed by atoms with Crippen LogP contribution in [-0.4, -0.2) is 17.7 Å². The van der Waals surface area contributed by atoms with E-state index in [1.807, 2.05) is 24.3 Å². The van der Waals surface area contributed by atoms with Gasteiger partial charge in [-0.25, -0.2) is 0 Å². The number of benzene rings is 1. The second kappa shape index (κ2) is 3.90. The highest BCUT2D eigenvalue weighted by atomic mass is 16.6. The first kappa shape index (κ1) is 9.37. The van der Waals surface area contributed by atoms with Crippen LogP contribution in [0.25, 0.3) is 0 Å². The number of carbonyl (C=O) groups excluding carboxylic acids is 1. The van der Waals surface area contributed by atoms with Crippen molar-refractivity contribution in [1.82, 2.24) is 0 Å². The van der Waals surface area contributed by atoms with E-state index in [1.165, 1.54) is 0 Å². The van der Waals surface area contributed by atoms with E-state index in [9.17, 15) is 9.90 Å². The maximum atomic E-state index is 10.4. The van der Waals surface area contributed by atoms with Crippen LogP contribution in [0.1, 0.15) is 23.7 Å². The van der Waals surface area contributed by atoms with Crippen LogP contribution in [0.4, 0.5) is 0 Å². The maximum Gasteiger partial charge on any atom is 0.159 e. The number of aliphatic hydroxyl groups is 1. The largest absolute Gasteiger partial charge is 0.368 e. The molecular weight excluding hydrogens is 180 g/mol. The zero-order chi connectivity index (χ0) is 9.97. The fourth-order valence-corrected chi connectivity index (χ4v) is 1.80. The summed E-state index contributed by atoms with van der Waals surface area (Å²) >= 11 is 0. The van der Waals surface area contributed by atoms with Gasteiger partial charge in [0.2, 0.25) is 0 Å². The molecule has 2 unspecified atom stereocenters. The molecule has 2 rings (SSSR count).